The summed E-state index contributed by atoms with van der Waals surface area (Å²) in [4.78, 5) is 19.6. The van der Waals surface area contributed by atoms with Gasteiger partial charge in [0.15, 0.2) is 0 Å². The highest BCUT2D eigenvalue weighted by atomic mass is 35.5. The Kier molecular flexibility index (Phi) is 5.19. The molecule has 0 aliphatic rings. The molecule has 0 radical (unpaired) electrons. The summed E-state index contributed by atoms with van der Waals surface area (Å²) in [5, 5.41) is 3.66. The van der Waals surface area contributed by atoms with Gasteiger partial charge in [0.05, 0.1) is 16.1 Å². The van der Waals surface area contributed by atoms with Crippen LogP contribution >= 0.6 is 23.2 Å². The lowest BCUT2D eigenvalue weighted by molar-refractivity contribution is 0.239. The predicted octanol–water partition coefficient (Wildman–Crippen LogP) is 3.17. The number of aromatic nitrogens is 2. The minimum Gasteiger partial charge on any atom is -0.330 e. The lowest BCUT2D eigenvalue weighted by Crippen LogP contribution is -2.40. The molecule has 2 rings (SSSR count). The Hall–Kier alpha value is -2.05. The molecule has 3 N–H and O–H groups in total. The summed E-state index contributed by atoms with van der Waals surface area (Å²) in [6.45, 7) is 1.83. The first kappa shape index (κ1) is 15.3. The van der Waals surface area contributed by atoms with Gasteiger partial charge < -0.3 is 5.32 Å². The van der Waals surface area contributed by atoms with E-state index in [0.29, 0.717) is 16.0 Å². The first-order valence-electron chi connectivity index (χ1n) is 6.11. The Bertz CT molecular complexity index is 623. The Morgan fingerprint density at radius 2 is 1.90 bits per heavy atom. The number of halogens is 2. The largest absolute Gasteiger partial charge is 0.333 e. The number of urea groups is 1. The molecule has 1 aromatic carbocycles. The monoisotopic (exact) mass is 325 g/mol. The molecule has 8 heteroatoms. The van der Waals surface area contributed by atoms with Gasteiger partial charge in [0, 0.05) is 12.4 Å². The van der Waals surface area contributed by atoms with Crippen LogP contribution in [-0.2, 0) is 0 Å². The average Bonchev–Trinajstić information content (AvgIpc) is 2.49. The number of anilines is 1. The number of hydrogen-bond donors (Lipinski definition) is 3. The number of hydrogen-bond acceptors (Lipinski definition) is 4. The van der Waals surface area contributed by atoms with E-state index in [2.05, 4.69) is 26.1 Å². The van der Waals surface area contributed by atoms with Crippen LogP contribution in [0.25, 0.3) is 0 Å². The molecule has 110 valence electrons. The number of carbonyl (C=O) groups excluding carboxylic acids is 1. The smallest absolute Gasteiger partial charge is 0.330 e. The van der Waals surface area contributed by atoms with E-state index >= 15 is 0 Å². The van der Waals surface area contributed by atoms with Gasteiger partial charge in [0.25, 0.3) is 0 Å². The first-order valence-corrected chi connectivity index (χ1v) is 6.86. The van der Waals surface area contributed by atoms with Gasteiger partial charge in [-0.25, -0.2) is 20.2 Å². The predicted molar refractivity (Wildman–Crippen MR) is 82.2 cm³/mol. The lowest BCUT2D eigenvalue weighted by atomic mass is 10.1. The number of rotatable bonds is 4. The Balaban J connectivity index is 1.88. The average molecular weight is 326 g/mol. The van der Waals surface area contributed by atoms with Gasteiger partial charge in [0.2, 0.25) is 5.95 Å². The van der Waals surface area contributed by atoms with E-state index in [9.17, 15) is 4.79 Å². The summed E-state index contributed by atoms with van der Waals surface area (Å²) >= 11 is 11.8. The van der Waals surface area contributed by atoms with Crippen molar-refractivity contribution in [3.63, 3.8) is 0 Å². The molecule has 21 heavy (non-hydrogen) atoms. The summed E-state index contributed by atoms with van der Waals surface area (Å²) in [5.41, 5.74) is 5.87. The van der Waals surface area contributed by atoms with E-state index in [-0.39, 0.29) is 6.04 Å². The molecular weight excluding hydrogens is 313 g/mol. The quantitative estimate of drug-likeness (QED) is 0.754. The number of hydrazine groups is 1. The molecule has 1 aromatic heterocycles. The second-order valence-corrected chi connectivity index (χ2v) is 5.01. The summed E-state index contributed by atoms with van der Waals surface area (Å²) < 4.78 is 0. The fraction of sp³-hybridized carbons (Fsp3) is 0.154. The van der Waals surface area contributed by atoms with Gasteiger partial charge in [-0.2, -0.15) is 0 Å². The molecule has 0 saturated carbocycles. The fourth-order valence-corrected chi connectivity index (χ4v) is 1.88. The molecule has 0 spiro atoms. The fourth-order valence-electron chi connectivity index (χ4n) is 1.57. The lowest BCUT2D eigenvalue weighted by Gasteiger charge is -2.15. The third kappa shape index (κ3) is 4.47. The Morgan fingerprint density at radius 3 is 2.57 bits per heavy atom. The molecule has 2 aromatic rings. The third-order valence-electron chi connectivity index (χ3n) is 2.64. The maximum atomic E-state index is 11.8. The van der Waals surface area contributed by atoms with Crippen LogP contribution in [0.4, 0.5) is 10.7 Å². The van der Waals surface area contributed by atoms with Gasteiger partial charge in [-0.1, -0.05) is 29.3 Å². The second-order valence-electron chi connectivity index (χ2n) is 4.19. The summed E-state index contributed by atoms with van der Waals surface area (Å²) in [6.07, 6.45) is 3.13. The zero-order valence-electron chi connectivity index (χ0n) is 11.1. The van der Waals surface area contributed by atoms with E-state index in [0.717, 1.165) is 5.56 Å². The third-order valence-corrected chi connectivity index (χ3v) is 3.38. The van der Waals surface area contributed by atoms with Crippen LogP contribution in [0.2, 0.25) is 10.0 Å². The summed E-state index contributed by atoms with van der Waals surface area (Å²) in [7, 11) is 0. The maximum absolute atomic E-state index is 11.8. The van der Waals surface area contributed by atoms with Crippen molar-refractivity contribution in [1.82, 2.24) is 20.7 Å². The van der Waals surface area contributed by atoms with E-state index in [1.807, 2.05) is 6.92 Å². The Labute approximate surface area is 131 Å². The van der Waals surface area contributed by atoms with Crippen LogP contribution < -0.4 is 16.2 Å². The first-order chi connectivity index (χ1) is 10.1. The van der Waals surface area contributed by atoms with Gasteiger partial charge in [-0.3, -0.25) is 5.43 Å². The zero-order chi connectivity index (χ0) is 15.2. The van der Waals surface area contributed by atoms with E-state index < -0.39 is 6.03 Å². The van der Waals surface area contributed by atoms with E-state index in [1.165, 1.54) is 0 Å². The number of carbonyl (C=O) groups is 1. The van der Waals surface area contributed by atoms with Crippen LogP contribution in [0, 0.1) is 0 Å². The van der Waals surface area contributed by atoms with Gasteiger partial charge in [0.1, 0.15) is 0 Å². The topological polar surface area (TPSA) is 78.9 Å². The minimum atomic E-state index is -0.416. The van der Waals surface area contributed by atoms with Crippen molar-refractivity contribution in [2.75, 3.05) is 5.43 Å². The SMILES string of the molecule is CC(NC(=O)NNc1ncccn1)c1ccc(Cl)c(Cl)c1. The van der Waals surface area contributed by atoms with Crippen LogP contribution in [0.3, 0.4) is 0 Å². The van der Waals surface area contributed by atoms with Crippen LogP contribution in [0.5, 0.6) is 0 Å². The van der Waals surface area contributed by atoms with Crippen molar-refractivity contribution in [3.8, 4) is 0 Å². The molecule has 0 bridgehead atoms. The number of amides is 2. The van der Waals surface area contributed by atoms with Gasteiger partial charge in [-0.15, -0.1) is 0 Å². The highest BCUT2D eigenvalue weighted by Gasteiger charge is 2.10. The number of nitrogens with zero attached hydrogens (tertiary/aromatic N) is 2. The number of nitrogens with one attached hydrogen (secondary N) is 3. The van der Waals surface area contributed by atoms with Gasteiger partial charge in [-0.05, 0) is 30.7 Å². The highest BCUT2D eigenvalue weighted by molar-refractivity contribution is 6.42. The molecule has 0 aliphatic heterocycles. The molecule has 0 aliphatic carbocycles. The van der Waals surface area contributed by atoms with Crippen LogP contribution in [-0.4, -0.2) is 16.0 Å². The van der Waals surface area contributed by atoms with E-state index in [4.69, 9.17) is 23.2 Å². The standard InChI is InChI=1S/C13H13Cl2N5O/c1-8(9-3-4-10(14)11(15)7-9)18-13(21)20-19-12-16-5-2-6-17-12/h2-8H,1H3,(H,16,17,19)(H2,18,20,21). The highest BCUT2D eigenvalue weighted by Crippen LogP contribution is 2.25. The minimum absolute atomic E-state index is 0.238. The zero-order valence-corrected chi connectivity index (χ0v) is 12.6. The second kappa shape index (κ2) is 7.10. The van der Waals surface area contributed by atoms with Crippen LogP contribution in [0.1, 0.15) is 18.5 Å². The molecule has 1 heterocycles. The molecular formula is C13H13Cl2N5O. The number of benzene rings is 1. The summed E-state index contributed by atoms with van der Waals surface area (Å²) in [6, 6.07) is 6.22. The molecule has 2 amide bonds. The molecule has 1 atom stereocenters. The van der Waals surface area contributed by atoms with Crippen molar-refractivity contribution < 1.29 is 4.79 Å². The van der Waals surface area contributed by atoms with Crippen LogP contribution in [0.15, 0.2) is 36.7 Å². The van der Waals surface area contributed by atoms with Crippen molar-refractivity contribution in [2.24, 2.45) is 0 Å². The van der Waals surface area contributed by atoms with Crippen molar-refractivity contribution in [3.05, 3.63) is 52.3 Å². The Morgan fingerprint density at radius 1 is 1.19 bits per heavy atom. The molecule has 0 saturated heterocycles. The molecule has 0 fully saturated rings. The normalized spacial score (nSPS) is 11.6. The maximum Gasteiger partial charge on any atom is 0.333 e. The molecule has 1 unspecified atom stereocenters. The van der Waals surface area contributed by atoms with Crippen molar-refractivity contribution in [1.29, 1.82) is 0 Å². The van der Waals surface area contributed by atoms with Crippen molar-refractivity contribution >= 4 is 35.2 Å². The summed E-state index contributed by atoms with van der Waals surface area (Å²) in [5.74, 6) is 0.301. The van der Waals surface area contributed by atoms with Gasteiger partial charge >= 0.3 is 6.03 Å². The van der Waals surface area contributed by atoms with E-state index in [1.54, 1.807) is 36.7 Å². The molecule has 6 nitrogen and oxygen atoms in total. The van der Waals surface area contributed by atoms with Crippen molar-refractivity contribution in [2.45, 2.75) is 13.0 Å².